The van der Waals surface area contributed by atoms with E-state index in [-0.39, 0.29) is 18.9 Å². The Morgan fingerprint density at radius 2 is 2.00 bits per heavy atom. The third kappa shape index (κ3) is 13.1. The van der Waals surface area contributed by atoms with Crippen LogP contribution in [0.15, 0.2) is 0 Å². The summed E-state index contributed by atoms with van der Waals surface area (Å²) in [6.45, 7) is 1.42. The van der Waals surface area contributed by atoms with E-state index >= 15 is 0 Å². The normalized spacial score (nSPS) is 10.8. The zero-order valence-electron chi connectivity index (χ0n) is 9.79. The summed E-state index contributed by atoms with van der Waals surface area (Å²) in [5, 5.41) is 2.63. The molecule has 0 rings (SSSR count). The van der Waals surface area contributed by atoms with E-state index in [2.05, 4.69) is 10.1 Å². The van der Waals surface area contributed by atoms with Crippen LogP contribution in [0.5, 0.6) is 0 Å². The minimum atomic E-state index is -2.49. The third-order valence-electron chi connectivity index (χ3n) is 1.77. The second-order valence-corrected chi connectivity index (χ2v) is 3.32. The number of hydrogen-bond acceptors (Lipinski definition) is 4. The first-order valence-electron chi connectivity index (χ1n) is 5.57. The Morgan fingerprint density at radius 1 is 1.24 bits per heavy atom. The van der Waals surface area contributed by atoms with Crippen LogP contribution >= 0.6 is 0 Å². The Bertz CT molecular complexity index is 194. The van der Waals surface area contributed by atoms with E-state index in [9.17, 15) is 13.6 Å². The smallest absolute Gasteiger partial charge is 0.261 e. The van der Waals surface area contributed by atoms with Crippen molar-refractivity contribution in [3.8, 4) is 0 Å². The Labute approximate surface area is 99.6 Å². The van der Waals surface area contributed by atoms with Crippen LogP contribution in [0.25, 0.3) is 0 Å². The predicted octanol–water partition coefficient (Wildman–Crippen LogP) is 0.140. The quantitative estimate of drug-likeness (QED) is 0.514. The molecule has 1 amide bonds. The van der Waals surface area contributed by atoms with E-state index in [1.54, 1.807) is 0 Å². The SMILES string of the molecule is NCCOCCCNC(=O)CCOCC(F)F. The van der Waals surface area contributed by atoms with Crippen molar-refractivity contribution < 1.29 is 23.0 Å². The van der Waals surface area contributed by atoms with Crippen LogP contribution in [0.3, 0.4) is 0 Å². The molecule has 0 radical (unpaired) electrons. The fourth-order valence-corrected chi connectivity index (χ4v) is 1.01. The number of amides is 1. The van der Waals surface area contributed by atoms with Crippen molar-refractivity contribution in [3.05, 3.63) is 0 Å². The molecule has 17 heavy (non-hydrogen) atoms. The highest BCUT2D eigenvalue weighted by molar-refractivity contribution is 5.75. The lowest BCUT2D eigenvalue weighted by Gasteiger charge is -2.06. The average molecular weight is 254 g/mol. The van der Waals surface area contributed by atoms with Crippen molar-refractivity contribution in [2.24, 2.45) is 5.73 Å². The maximum atomic E-state index is 11.7. The van der Waals surface area contributed by atoms with Gasteiger partial charge in [0.2, 0.25) is 5.91 Å². The molecule has 0 aliphatic rings. The molecule has 0 aromatic heterocycles. The van der Waals surface area contributed by atoms with Crippen LogP contribution in [0.2, 0.25) is 0 Å². The molecule has 0 aliphatic carbocycles. The number of nitrogens with two attached hydrogens (primary N) is 1. The molecule has 0 heterocycles. The molecule has 0 spiro atoms. The van der Waals surface area contributed by atoms with Crippen molar-refractivity contribution in [1.82, 2.24) is 5.32 Å². The zero-order valence-corrected chi connectivity index (χ0v) is 9.79. The second kappa shape index (κ2) is 11.7. The third-order valence-corrected chi connectivity index (χ3v) is 1.77. The van der Waals surface area contributed by atoms with Gasteiger partial charge in [-0.3, -0.25) is 4.79 Å². The van der Waals surface area contributed by atoms with Gasteiger partial charge in [0.15, 0.2) is 0 Å². The summed E-state index contributed by atoms with van der Waals surface area (Å²) in [4.78, 5) is 11.1. The minimum absolute atomic E-state index is 0.0137. The molecular weight excluding hydrogens is 234 g/mol. The van der Waals surface area contributed by atoms with E-state index in [0.29, 0.717) is 32.7 Å². The predicted molar refractivity (Wildman–Crippen MR) is 58.9 cm³/mol. The molecule has 0 aliphatic heterocycles. The molecule has 3 N–H and O–H groups in total. The van der Waals surface area contributed by atoms with Gasteiger partial charge < -0.3 is 20.5 Å². The molecule has 0 bridgehead atoms. The van der Waals surface area contributed by atoms with Crippen LogP contribution in [0, 0.1) is 0 Å². The van der Waals surface area contributed by atoms with Gasteiger partial charge in [-0.2, -0.15) is 0 Å². The van der Waals surface area contributed by atoms with E-state index in [1.807, 2.05) is 0 Å². The minimum Gasteiger partial charge on any atom is -0.380 e. The molecule has 5 nitrogen and oxygen atoms in total. The van der Waals surface area contributed by atoms with Crippen molar-refractivity contribution >= 4 is 5.91 Å². The zero-order chi connectivity index (χ0) is 12.9. The molecule has 102 valence electrons. The molecule has 0 saturated carbocycles. The summed E-state index contributed by atoms with van der Waals surface area (Å²) >= 11 is 0. The van der Waals surface area contributed by atoms with Gasteiger partial charge in [-0.05, 0) is 6.42 Å². The fourth-order valence-electron chi connectivity index (χ4n) is 1.01. The number of rotatable bonds is 11. The van der Waals surface area contributed by atoms with Gasteiger partial charge in [-0.25, -0.2) is 8.78 Å². The van der Waals surface area contributed by atoms with Crippen molar-refractivity contribution in [2.75, 3.05) is 39.5 Å². The first-order valence-corrected chi connectivity index (χ1v) is 5.57. The number of carbonyl (C=O) groups excluding carboxylic acids is 1. The van der Waals surface area contributed by atoms with Gasteiger partial charge in [0.05, 0.1) is 13.2 Å². The summed E-state index contributed by atoms with van der Waals surface area (Å²) in [5.74, 6) is -0.210. The maximum absolute atomic E-state index is 11.7. The van der Waals surface area contributed by atoms with Crippen LogP contribution in [-0.4, -0.2) is 51.8 Å². The van der Waals surface area contributed by atoms with Gasteiger partial charge in [-0.1, -0.05) is 0 Å². The van der Waals surface area contributed by atoms with Crippen LogP contribution in [0.1, 0.15) is 12.8 Å². The molecule has 0 atom stereocenters. The van der Waals surface area contributed by atoms with E-state index in [1.165, 1.54) is 0 Å². The topological polar surface area (TPSA) is 73.6 Å². The van der Waals surface area contributed by atoms with Crippen molar-refractivity contribution in [3.63, 3.8) is 0 Å². The lowest BCUT2D eigenvalue weighted by atomic mass is 10.4. The lowest BCUT2D eigenvalue weighted by molar-refractivity contribution is -0.122. The number of hydrogen-bond donors (Lipinski definition) is 2. The number of halogens is 2. The summed E-state index contributed by atoms with van der Waals surface area (Å²) in [5.41, 5.74) is 5.22. The Morgan fingerprint density at radius 3 is 2.65 bits per heavy atom. The number of carbonyl (C=O) groups is 1. The monoisotopic (exact) mass is 254 g/mol. The summed E-state index contributed by atoms with van der Waals surface area (Å²) in [6, 6.07) is 0. The van der Waals surface area contributed by atoms with Gasteiger partial charge in [0.1, 0.15) is 6.61 Å². The lowest BCUT2D eigenvalue weighted by Crippen LogP contribution is -2.26. The summed E-state index contributed by atoms with van der Waals surface area (Å²) < 4.78 is 33.0. The number of ether oxygens (including phenoxy) is 2. The van der Waals surface area contributed by atoms with E-state index in [0.717, 1.165) is 0 Å². The molecule has 0 aromatic carbocycles. The summed E-state index contributed by atoms with van der Waals surface area (Å²) in [6.07, 6.45) is -1.70. The van der Waals surface area contributed by atoms with E-state index < -0.39 is 13.0 Å². The number of nitrogens with one attached hydrogen (secondary N) is 1. The van der Waals surface area contributed by atoms with Gasteiger partial charge in [0.25, 0.3) is 6.43 Å². The van der Waals surface area contributed by atoms with Gasteiger partial charge in [-0.15, -0.1) is 0 Å². The second-order valence-electron chi connectivity index (χ2n) is 3.32. The highest BCUT2D eigenvalue weighted by atomic mass is 19.3. The largest absolute Gasteiger partial charge is 0.380 e. The Hall–Kier alpha value is -0.790. The first-order chi connectivity index (χ1) is 8.16. The standard InChI is InChI=1S/C10H20F2N2O3/c11-9(12)8-17-6-2-10(15)14-4-1-5-16-7-3-13/h9H,1-8,13H2,(H,14,15). The highest BCUT2D eigenvalue weighted by Gasteiger charge is 2.04. The molecule has 7 heteroatoms. The Balaban J connectivity index is 3.18. The summed E-state index contributed by atoms with van der Waals surface area (Å²) in [7, 11) is 0. The van der Waals surface area contributed by atoms with Crippen molar-refractivity contribution in [2.45, 2.75) is 19.3 Å². The highest BCUT2D eigenvalue weighted by Crippen LogP contribution is 1.93. The molecule has 0 fully saturated rings. The average Bonchev–Trinajstić information content (AvgIpc) is 2.29. The van der Waals surface area contributed by atoms with Crippen LogP contribution < -0.4 is 11.1 Å². The molecular formula is C10H20F2N2O3. The van der Waals surface area contributed by atoms with Gasteiger partial charge in [0, 0.05) is 26.1 Å². The molecule has 0 aromatic rings. The van der Waals surface area contributed by atoms with Crippen LogP contribution in [0.4, 0.5) is 8.78 Å². The van der Waals surface area contributed by atoms with E-state index in [4.69, 9.17) is 10.5 Å². The fraction of sp³-hybridized carbons (Fsp3) is 0.900. The molecule has 0 saturated heterocycles. The van der Waals surface area contributed by atoms with Gasteiger partial charge >= 0.3 is 0 Å². The van der Waals surface area contributed by atoms with Crippen molar-refractivity contribution in [1.29, 1.82) is 0 Å². The maximum Gasteiger partial charge on any atom is 0.261 e. The first kappa shape index (κ1) is 16.2. The molecule has 0 unspecified atom stereocenters. The van der Waals surface area contributed by atoms with Crippen LogP contribution in [-0.2, 0) is 14.3 Å². The Kier molecular flexibility index (Phi) is 11.1. The number of alkyl halides is 2.